The van der Waals surface area contributed by atoms with Gasteiger partial charge in [-0.3, -0.25) is 4.79 Å². The molecule has 0 atom stereocenters. The molecular weight excluding hydrogens is 617 g/mol. The van der Waals surface area contributed by atoms with E-state index in [-0.39, 0.29) is 11.7 Å². The lowest BCUT2D eigenvalue weighted by Gasteiger charge is -2.09. The maximum Gasteiger partial charge on any atom is 0.236 e. The number of aromatic nitrogens is 4. The summed E-state index contributed by atoms with van der Waals surface area (Å²) in [6.07, 6.45) is 3.14. The van der Waals surface area contributed by atoms with Crippen molar-refractivity contribution in [1.82, 2.24) is 19.7 Å². The van der Waals surface area contributed by atoms with Gasteiger partial charge in [0.25, 0.3) is 0 Å². The first-order valence-corrected chi connectivity index (χ1v) is 14.6. The molecule has 0 aliphatic rings. The number of benzene rings is 2. The number of thiazole rings is 1. The van der Waals surface area contributed by atoms with Crippen LogP contribution in [0.5, 0.6) is 5.75 Å². The van der Waals surface area contributed by atoms with Gasteiger partial charge in [-0.15, -0.1) is 28.1 Å². The minimum atomic E-state index is -0.162. The first-order valence-electron chi connectivity index (χ1n) is 11.2. The number of aryl methyl sites for hydroxylation is 1. The molecule has 192 valence electrons. The molecule has 0 spiro atoms. The van der Waals surface area contributed by atoms with E-state index in [4.69, 9.17) is 27.9 Å². The maximum absolute atomic E-state index is 12.6. The van der Waals surface area contributed by atoms with Crippen molar-refractivity contribution in [1.29, 1.82) is 0 Å². The van der Waals surface area contributed by atoms with E-state index < -0.39 is 0 Å². The number of nitrogens with one attached hydrogen (secondary N) is 1. The summed E-state index contributed by atoms with van der Waals surface area (Å²) in [5.74, 6) is 1.41. The highest BCUT2D eigenvalue weighted by Gasteiger charge is 2.15. The Labute approximate surface area is 241 Å². The predicted molar refractivity (Wildman–Crippen MR) is 155 cm³/mol. The molecule has 2 aromatic heterocycles. The number of rotatable bonds is 12. The van der Waals surface area contributed by atoms with Gasteiger partial charge in [-0.1, -0.05) is 69.1 Å². The van der Waals surface area contributed by atoms with Crippen molar-refractivity contribution < 1.29 is 9.53 Å². The highest BCUT2D eigenvalue weighted by Crippen LogP contribution is 2.28. The number of amides is 1. The summed E-state index contributed by atoms with van der Waals surface area (Å²) >= 11 is 18.2. The Morgan fingerprint density at radius 3 is 2.78 bits per heavy atom. The highest BCUT2D eigenvalue weighted by molar-refractivity contribution is 9.10. The zero-order valence-electron chi connectivity index (χ0n) is 19.5. The van der Waals surface area contributed by atoms with E-state index in [1.807, 2.05) is 34.2 Å². The second-order valence-corrected chi connectivity index (χ2v) is 11.3. The lowest BCUT2D eigenvalue weighted by atomic mass is 10.2. The second-order valence-electron chi connectivity index (χ2n) is 7.71. The van der Waals surface area contributed by atoms with Gasteiger partial charge in [0.15, 0.2) is 10.3 Å². The highest BCUT2D eigenvalue weighted by atomic mass is 79.9. The number of anilines is 1. The summed E-state index contributed by atoms with van der Waals surface area (Å²) in [5.41, 5.74) is 1.80. The summed E-state index contributed by atoms with van der Waals surface area (Å²) in [5, 5.41) is 15.6. The average Bonchev–Trinajstić information content (AvgIpc) is 3.49. The largest absolute Gasteiger partial charge is 0.492 e. The fraction of sp³-hybridized carbons (Fsp3) is 0.200. The standard InChI is InChI=1S/C25H22BrCl2N5O2S2/c1-2-11-33-22(4-3-12-35-21-10-9-18(27)13-19(21)28)31-32-25(33)37-15-23(34)30-24-29-20(14-36-24)16-5-7-17(26)8-6-16/h2,5-10,13-14H,1,3-4,11-12,15H2,(H,29,30,34). The minimum Gasteiger partial charge on any atom is -0.492 e. The van der Waals surface area contributed by atoms with Crippen LogP contribution in [0.4, 0.5) is 5.13 Å². The average molecular weight is 639 g/mol. The normalized spacial score (nSPS) is 10.9. The maximum atomic E-state index is 12.6. The molecule has 1 amide bonds. The van der Waals surface area contributed by atoms with Crippen molar-refractivity contribution >= 4 is 73.3 Å². The molecule has 2 aromatic carbocycles. The lowest BCUT2D eigenvalue weighted by molar-refractivity contribution is -0.113. The second kappa shape index (κ2) is 13.4. The summed E-state index contributed by atoms with van der Waals surface area (Å²) in [7, 11) is 0. The fourth-order valence-corrected chi connectivity index (χ4v) is 5.53. The van der Waals surface area contributed by atoms with Crippen LogP contribution in [-0.2, 0) is 17.8 Å². The van der Waals surface area contributed by atoms with Gasteiger partial charge in [0, 0.05) is 33.4 Å². The molecule has 0 bridgehead atoms. The topological polar surface area (TPSA) is 81.9 Å². The third kappa shape index (κ3) is 7.81. The van der Waals surface area contributed by atoms with Gasteiger partial charge in [-0.05, 0) is 36.8 Å². The number of carbonyl (C=O) groups excluding carboxylic acids is 1. The zero-order valence-corrected chi connectivity index (χ0v) is 24.2. The number of carbonyl (C=O) groups is 1. The quantitative estimate of drug-likeness (QED) is 0.0989. The first kappa shape index (κ1) is 27.7. The summed E-state index contributed by atoms with van der Waals surface area (Å²) in [4.78, 5) is 17.1. The van der Waals surface area contributed by atoms with E-state index in [9.17, 15) is 4.79 Å². The van der Waals surface area contributed by atoms with E-state index in [1.165, 1.54) is 23.1 Å². The molecule has 0 unspecified atom stereocenters. The monoisotopic (exact) mass is 637 g/mol. The Morgan fingerprint density at radius 2 is 2.03 bits per heavy atom. The van der Waals surface area contributed by atoms with Crippen LogP contribution >= 0.6 is 62.2 Å². The van der Waals surface area contributed by atoms with Gasteiger partial charge < -0.3 is 14.6 Å². The predicted octanol–water partition coefficient (Wildman–Crippen LogP) is 7.40. The molecule has 4 rings (SSSR count). The summed E-state index contributed by atoms with van der Waals surface area (Å²) < 4.78 is 8.71. The van der Waals surface area contributed by atoms with Crippen LogP contribution in [0.1, 0.15) is 12.2 Å². The number of halogens is 3. The summed E-state index contributed by atoms with van der Waals surface area (Å²) in [6.45, 7) is 4.83. The fourth-order valence-electron chi connectivity index (χ4n) is 3.30. The molecule has 0 fully saturated rings. The molecule has 0 aliphatic carbocycles. The van der Waals surface area contributed by atoms with Crippen LogP contribution in [0.15, 0.2) is 70.1 Å². The van der Waals surface area contributed by atoms with E-state index in [2.05, 4.69) is 43.0 Å². The number of hydrogen-bond acceptors (Lipinski definition) is 7. The SMILES string of the molecule is C=CCn1c(CCCOc2ccc(Cl)cc2Cl)nnc1SCC(=O)Nc1nc(-c2ccc(Br)cc2)cs1. The molecule has 0 aliphatic heterocycles. The van der Waals surface area contributed by atoms with Crippen LogP contribution in [0.2, 0.25) is 10.0 Å². The molecule has 4 aromatic rings. The van der Waals surface area contributed by atoms with Gasteiger partial charge in [0.05, 0.1) is 23.1 Å². The van der Waals surface area contributed by atoms with Crippen molar-refractivity contribution in [2.75, 3.05) is 17.7 Å². The molecule has 0 saturated carbocycles. The smallest absolute Gasteiger partial charge is 0.236 e. The van der Waals surface area contributed by atoms with Crippen LogP contribution in [0.3, 0.4) is 0 Å². The number of hydrogen-bond donors (Lipinski definition) is 1. The number of nitrogens with zero attached hydrogens (tertiary/aromatic N) is 4. The van der Waals surface area contributed by atoms with Crippen LogP contribution in [0, 0.1) is 0 Å². The third-order valence-corrected chi connectivity index (χ3v) is 7.81. The molecule has 2 heterocycles. The van der Waals surface area contributed by atoms with Crippen LogP contribution in [-0.4, -0.2) is 38.0 Å². The lowest BCUT2D eigenvalue weighted by Crippen LogP contribution is -2.14. The Hall–Kier alpha value is -2.37. The molecular formula is C25H22BrCl2N5O2S2. The van der Waals surface area contributed by atoms with E-state index in [0.717, 1.165) is 21.6 Å². The van der Waals surface area contributed by atoms with Crippen molar-refractivity contribution in [2.45, 2.75) is 24.5 Å². The molecule has 7 nitrogen and oxygen atoms in total. The first-order chi connectivity index (χ1) is 17.9. The molecule has 37 heavy (non-hydrogen) atoms. The Morgan fingerprint density at radius 1 is 1.22 bits per heavy atom. The van der Waals surface area contributed by atoms with Crippen molar-refractivity contribution in [3.8, 4) is 17.0 Å². The Bertz CT molecular complexity index is 1380. The third-order valence-electron chi connectivity index (χ3n) is 5.02. The van der Waals surface area contributed by atoms with Crippen LogP contribution < -0.4 is 10.1 Å². The van der Waals surface area contributed by atoms with Gasteiger partial charge in [-0.2, -0.15) is 0 Å². The van der Waals surface area contributed by atoms with Gasteiger partial charge in [0.1, 0.15) is 11.6 Å². The number of thioether (sulfide) groups is 1. The Kier molecular flexibility index (Phi) is 10.0. The summed E-state index contributed by atoms with van der Waals surface area (Å²) in [6, 6.07) is 13.0. The molecule has 12 heteroatoms. The van der Waals surface area contributed by atoms with Crippen molar-refractivity contribution in [2.24, 2.45) is 0 Å². The van der Waals surface area contributed by atoms with Gasteiger partial charge in [0.2, 0.25) is 5.91 Å². The van der Waals surface area contributed by atoms with Gasteiger partial charge in [-0.25, -0.2) is 4.98 Å². The zero-order chi connectivity index (χ0) is 26.2. The molecule has 0 radical (unpaired) electrons. The van der Waals surface area contributed by atoms with Crippen LogP contribution in [0.25, 0.3) is 11.3 Å². The van der Waals surface area contributed by atoms with E-state index in [0.29, 0.717) is 52.1 Å². The van der Waals surface area contributed by atoms with Crippen molar-refractivity contribution in [3.05, 3.63) is 80.8 Å². The van der Waals surface area contributed by atoms with Gasteiger partial charge >= 0.3 is 0 Å². The molecule has 0 saturated heterocycles. The Balaban J connectivity index is 1.28. The minimum absolute atomic E-state index is 0.162. The van der Waals surface area contributed by atoms with E-state index >= 15 is 0 Å². The van der Waals surface area contributed by atoms with E-state index in [1.54, 1.807) is 24.3 Å². The van der Waals surface area contributed by atoms with Crippen molar-refractivity contribution in [3.63, 3.8) is 0 Å². The number of allylic oxidation sites excluding steroid dienone is 1. The molecule has 1 N–H and O–H groups in total. The number of ether oxygens (including phenoxy) is 1.